The minimum Gasteiger partial charge on any atom is -0.307 e. The highest BCUT2D eigenvalue weighted by molar-refractivity contribution is 7.09. The summed E-state index contributed by atoms with van der Waals surface area (Å²) in [5.74, 6) is 0. The number of nitrogens with one attached hydrogen (secondary N) is 1. The van der Waals surface area contributed by atoms with Crippen molar-refractivity contribution in [1.82, 2.24) is 25.3 Å². The van der Waals surface area contributed by atoms with Gasteiger partial charge in [0.15, 0.2) is 0 Å². The Morgan fingerprint density at radius 3 is 3.06 bits per heavy atom. The Balaban J connectivity index is 1.78. The average molecular weight is 237 g/mol. The van der Waals surface area contributed by atoms with E-state index in [1.807, 2.05) is 17.8 Å². The highest BCUT2D eigenvalue weighted by Crippen LogP contribution is 2.15. The summed E-state index contributed by atoms with van der Waals surface area (Å²) in [7, 11) is 0. The maximum atomic E-state index is 4.45. The minimum atomic E-state index is 0.286. The van der Waals surface area contributed by atoms with E-state index in [4.69, 9.17) is 0 Å². The lowest BCUT2D eigenvalue weighted by Gasteiger charge is -2.10. The number of nitrogens with zero attached hydrogens (tertiary/aromatic N) is 4. The lowest BCUT2D eigenvalue weighted by molar-refractivity contribution is 0.494. The summed E-state index contributed by atoms with van der Waals surface area (Å²) in [5.41, 5.74) is 1.11. The second-order valence-corrected chi connectivity index (χ2v) is 4.70. The Morgan fingerprint density at radius 2 is 2.44 bits per heavy atom. The summed E-state index contributed by atoms with van der Waals surface area (Å²) in [4.78, 5) is 4.45. The summed E-state index contributed by atoms with van der Waals surface area (Å²) in [6.07, 6.45) is 3.55. The van der Waals surface area contributed by atoms with Crippen LogP contribution in [0.15, 0.2) is 17.8 Å². The van der Waals surface area contributed by atoms with Crippen molar-refractivity contribution in [3.63, 3.8) is 0 Å². The van der Waals surface area contributed by atoms with Crippen molar-refractivity contribution in [2.24, 2.45) is 0 Å². The van der Waals surface area contributed by atoms with Crippen LogP contribution in [0, 0.1) is 6.92 Å². The first-order valence-corrected chi connectivity index (χ1v) is 6.13. The molecule has 2 rings (SSSR count). The summed E-state index contributed by atoms with van der Waals surface area (Å²) in [6, 6.07) is 0.286. The third-order valence-corrected chi connectivity index (χ3v) is 3.14. The summed E-state index contributed by atoms with van der Waals surface area (Å²) < 4.78 is 1.81. The highest BCUT2D eigenvalue weighted by atomic mass is 32.1. The Kier molecular flexibility index (Phi) is 3.63. The predicted octanol–water partition coefficient (Wildman–Crippen LogP) is 1.39. The van der Waals surface area contributed by atoms with Crippen LogP contribution in [0.2, 0.25) is 0 Å². The number of thiazole rings is 1. The van der Waals surface area contributed by atoms with E-state index in [0.717, 1.165) is 23.8 Å². The molecule has 0 saturated heterocycles. The van der Waals surface area contributed by atoms with Gasteiger partial charge in [-0.25, -0.2) is 4.98 Å². The van der Waals surface area contributed by atoms with Crippen LogP contribution in [-0.2, 0) is 6.54 Å². The Bertz CT molecular complexity index is 422. The lowest BCUT2D eigenvalue weighted by Crippen LogP contribution is -2.23. The first-order valence-electron chi connectivity index (χ1n) is 5.25. The lowest BCUT2D eigenvalue weighted by atomic mass is 10.2. The smallest absolute Gasteiger partial charge is 0.0898 e. The molecule has 0 aliphatic carbocycles. The van der Waals surface area contributed by atoms with Gasteiger partial charge in [0.2, 0.25) is 0 Å². The fourth-order valence-corrected chi connectivity index (χ4v) is 2.14. The molecule has 0 amide bonds. The van der Waals surface area contributed by atoms with Crippen molar-refractivity contribution in [2.45, 2.75) is 26.4 Å². The van der Waals surface area contributed by atoms with Gasteiger partial charge in [0.1, 0.15) is 0 Å². The van der Waals surface area contributed by atoms with Crippen molar-refractivity contribution in [2.75, 3.05) is 6.54 Å². The van der Waals surface area contributed by atoms with Crippen molar-refractivity contribution in [1.29, 1.82) is 0 Å². The molecular weight excluding hydrogens is 222 g/mol. The van der Waals surface area contributed by atoms with Crippen molar-refractivity contribution < 1.29 is 0 Å². The molecule has 86 valence electrons. The van der Waals surface area contributed by atoms with Crippen LogP contribution in [0.3, 0.4) is 0 Å². The van der Waals surface area contributed by atoms with Gasteiger partial charge >= 0.3 is 0 Å². The Hall–Kier alpha value is -1.27. The third kappa shape index (κ3) is 2.86. The SMILES string of the molecule is Cc1nc(C(C)NCCn2ccnn2)cs1. The molecular formula is C10H15N5S. The van der Waals surface area contributed by atoms with Crippen molar-refractivity contribution >= 4 is 11.3 Å². The number of rotatable bonds is 5. The number of aryl methyl sites for hydroxylation is 1. The fourth-order valence-electron chi connectivity index (χ4n) is 1.43. The van der Waals surface area contributed by atoms with E-state index < -0.39 is 0 Å². The zero-order valence-electron chi connectivity index (χ0n) is 9.42. The van der Waals surface area contributed by atoms with E-state index in [9.17, 15) is 0 Å². The number of aromatic nitrogens is 4. The summed E-state index contributed by atoms with van der Waals surface area (Å²) >= 11 is 1.69. The first-order chi connectivity index (χ1) is 7.75. The van der Waals surface area contributed by atoms with Crippen molar-refractivity contribution in [3.8, 4) is 0 Å². The van der Waals surface area contributed by atoms with E-state index in [0.29, 0.717) is 0 Å². The van der Waals surface area contributed by atoms with Crippen LogP contribution in [0.4, 0.5) is 0 Å². The van der Waals surface area contributed by atoms with Gasteiger partial charge in [-0.3, -0.25) is 4.68 Å². The molecule has 0 aromatic carbocycles. The van der Waals surface area contributed by atoms with Gasteiger partial charge in [-0.2, -0.15) is 0 Å². The van der Waals surface area contributed by atoms with E-state index in [2.05, 4.69) is 32.9 Å². The zero-order valence-corrected chi connectivity index (χ0v) is 10.2. The quantitative estimate of drug-likeness (QED) is 0.854. The molecule has 0 aliphatic rings. The van der Waals surface area contributed by atoms with Crippen LogP contribution in [-0.4, -0.2) is 26.5 Å². The average Bonchev–Trinajstić information content (AvgIpc) is 2.89. The van der Waals surface area contributed by atoms with Crippen LogP contribution >= 0.6 is 11.3 Å². The van der Waals surface area contributed by atoms with Gasteiger partial charge in [0.05, 0.1) is 23.4 Å². The van der Waals surface area contributed by atoms with E-state index in [1.54, 1.807) is 17.5 Å². The normalized spacial score (nSPS) is 12.9. The predicted molar refractivity (Wildman–Crippen MR) is 63.3 cm³/mol. The number of hydrogen-bond acceptors (Lipinski definition) is 5. The van der Waals surface area contributed by atoms with E-state index in [1.165, 1.54) is 0 Å². The molecule has 0 spiro atoms. The van der Waals surface area contributed by atoms with Gasteiger partial charge < -0.3 is 5.32 Å². The standard InChI is InChI=1S/C10H15N5S/c1-8(10-7-16-9(2)13-10)11-3-5-15-6-4-12-14-15/h4,6-8,11H,3,5H2,1-2H3. The Labute approximate surface area is 98.5 Å². The van der Waals surface area contributed by atoms with Gasteiger partial charge in [-0.05, 0) is 13.8 Å². The highest BCUT2D eigenvalue weighted by Gasteiger charge is 2.07. The molecule has 16 heavy (non-hydrogen) atoms. The largest absolute Gasteiger partial charge is 0.307 e. The van der Waals surface area contributed by atoms with Gasteiger partial charge in [-0.15, -0.1) is 16.4 Å². The third-order valence-electron chi connectivity index (χ3n) is 2.34. The van der Waals surface area contributed by atoms with Crippen LogP contribution in [0.5, 0.6) is 0 Å². The first kappa shape index (κ1) is 11.2. The van der Waals surface area contributed by atoms with Crippen LogP contribution in [0.25, 0.3) is 0 Å². The fraction of sp³-hybridized carbons (Fsp3) is 0.500. The molecule has 2 aromatic heterocycles. The topological polar surface area (TPSA) is 55.6 Å². The van der Waals surface area contributed by atoms with E-state index >= 15 is 0 Å². The molecule has 1 atom stereocenters. The van der Waals surface area contributed by atoms with Crippen LogP contribution in [0.1, 0.15) is 23.7 Å². The van der Waals surface area contributed by atoms with Gasteiger partial charge in [-0.1, -0.05) is 5.21 Å². The Morgan fingerprint density at radius 1 is 1.56 bits per heavy atom. The molecule has 2 aromatic rings. The summed E-state index contributed by atoms with van der Waals surface area (Å²) in [5, 5.41) is 14.3. The number of hydrogen-bond donors (Lipinski definition) is 1. The van der Waals surface area contributed by atoms with Gasteiger partial charge in [0, 0.05) is 24.2 Å². The maximum absolute atomic E-state index is 4.45. The second kappa shape index (κ2) is 5.18. The molecule has 0 aliphatic heterocycles. The molecule has 6 heteroatoms. The van der Waals surface area contributed by atoms with E-state index in [-0.39, 0.29) is 6.04 Å². The molecule has 0 fully saturated rings. The van der Waals surface area contributed by atoms with Crippen LogP contribution < -0.4 is 5.32 Å². The summed E-state index contributed by atoms with van der Waals surface area (Å²) in [6.45, 7) is 5.83. The molecule has 0 saturated carbocycles. The maximum Gasteiger partial charge on any atom is 0.0898 e. The minimum absolute atomic E-state index is 0.286. The molecule has 2 heterocycles. The zero-order chi connectivity index (χ0) is 11.4. The second-order valence-electron chi connectivity index (χ2n) is 3.63. The van der Waals surface area contributed by atoms with Gasteiger partial charge in [0.25, 0.3) is 0 Å². The monoisotopic (exact) mass is 237 g/mol. The molecule has 0 bridgehead atoms. The molecule has 1 N–H and O–H groups in total. The van der Waals surface area contributed by atoms with Crippen molar-refractivity contribution in [3.05, 3.63) is 28.5 Å². The molecule has 1 unspecified atom stereocenters. The molecule has 5 nitrogen and oxygen atoms in total. The molecule has 0 radical (unpaired) electrons.